The zero-order valence-corrected chi connectivity index (χ0v) is 9.05. The maximum atomic E-state index is 10.7. The van der Waals surface area contributed by atoms with Crippen LogP contribution < -0.4 is 5.32 Å². The van der Waals surface area contributed by atoms with Gasteiger partial charge < -0.3 is 15.2 Å². The Morgan fingerprint density at radius 3 is 2.93 bits per heavy atom. The van der Waals surface area contributed by atoms with Crippen LogP contribution >= 0.6 is 11.3 Å². The summed E-state index contributed by atoms with van der Waals surface area (Å²) < 4.78 is 4.90. The molecule has 1 aromatic rings. The van der Waals surface area contributed by atoms with Gasteiger partial charge in [0.25, 0.3) is 0 Å². The van der Waals surface area contributed by atoms with Crippen molar-refractivity contribution < 1.29 is 14.6 Å². The molecule has 0 saturated carbocycles. The Morgan fingerprint density at radius 2 is 2.33 bits per heavy atom. The van der Waals surface area contributed by atoms with Crippen LogP contribution in [0.25, 0.3) is 0 Å². The lowest BCUT2D eigenvalue weighted by atomic mass is 10.1. The zero-order valence-electron chi connectivity index (χ0n) is 8.23. The van der Waals surface area contributed by atoms with Gasteiger partial charge in [-0.25, -0.2) is 4.79 Å². The summed E-state index contributed by atoms with van der Waals surface area (Å²) in [7, 11) is 0. The third-order valence-electron chi connectivity index (χ3n) is 2.35. The lowest BCUT2D eigenvalue weighted by Crippen LogP contribution is -2.39. The van der Waals surface area contributed by atoms with Crippen molar-refractivity contribution in [2.45, 2.75) is 13.0 Å². The van der Waals surface area contributed by atoms with Gasteiger partial charge in [-0.3, -0.25) is 0 Å². The molecule has 1 saturated heterocycles. The van der Waals surface area contributed by atoms with Crippen molar-refractivity contribution in [2.75, 3.05) is 13.2 Å². The number of hydrogen-bond donors (Lipinski definition) is 2. The second-order valence-corrected chi connectivity index (χ2v) is 4.83. The van der Waals surface area contributed by atoms with E-state index in [1.165, 1.54) is 4.88 Å². The van der Waals surface area contributed by atoms with Gasteiger partial charge in [0.1, 0.15) is 0 Å². The largest absolute Gasteiger partial charge is 0.449 e. The van der Waals surface area contributed by atoms with Crippen molar-refractivity contribution in [3.05, 3.63) is 21.9 Å². The molecule has 4 nitrogen and oxygen atoms in total. The molecule has 2 N–H and O–H groups in total. The molecule has 0 aromatic carbocycles. The summed E-state index contributed by atoms with van der Waals surface area (Å²) >= 11 is 1.61. The van der Waals surface area contributed by atoms with Crippen molar-refractivity contribution >= 4 is 17.4 Å². The van der Waals surface area contributed by atoms with Gasteiger partial charge in [-0.15, -0.1) is 11.3 Å². The number of amides is 1. The summed E-state index contributed by atoms with van der Waals surface area (Å²) in [5.41, 5.74) is 0. The smallest absolute Gasteiger partial charge is 0.407 e. The normalized spacial score (nSPS) is 20.9. The number of thiophene rings is 1. The third kappa shape index (κ3) is 2.70. The zero-order chi connectivity index (χ0) is 10.7. The number of nitrogens with one attached hydrogen (secondary N) is 1. The maximum Gasteiger partial charge on any atom is 0.407 e. The highest BCUT2D eigenvalue weighted by Crippen LogP contribution is 2.20. The second kappa shape index (κ2) is 4.63. The van der Waals surface area contributed by atoms with Crippen LogP contribution in [-0.2, 0) is 17.8 Å². The Morgan fingerprint density at radius 1 is 1.53 bits per heavy atom. The SMILES string of the molecule is O=C1NCC(Cc2ccc(CO)s2)CO1. The van der Waals surface area contributed by atoms with Crippen molar-refractivity contribution in [2.24, 2.45) is 5.92 Å². The Hall–Kier alpha value is -1.07. The quantitative estimate of drug-likeness (QED) is 0.814. The minimum absolute atomic E-state index is 0.0998. The van der Waals surface area contributed by atoms with E-state index in [1.807, 2.05) is 12.1 Å². The first-order valence-electron chi connectivity index (χ1n) is 4.87. The highest BCUT2D eigenvalue weighted by molar-refractivity contribution is 7.11. The first-order valence-corrected chi connectivity index (χ1v) is 5.68. The number of rotatable bonds is 3. The van der Waals surface area contributed by atoms with Gasteiger partial charge in [0, 0.05) is 22.2 Å². The molecule has 1 aromatic heterocycles. The van der Waals surface area contributed by atoms with E-state index in [0.717, 1.165) is 11.3 Å². The number of cyclic esters (lactones) is 1. The van der Waals surface area contributed by atoms with Crippen LogP contribution in [0.5, 0.6) is 0 Å². The lowest BCUT2D eigenvalue weighted by molar-refractivity contribution is 0.103. The van der Waals surface area contributed by atoms with Crippen LogP contribution in [0.2, 0.25) is 0 Å². The summed E-state index contributed by atoms with van der Waals surface area (Å²) in [6.45, 7) is 1.26. The topological polar surface area (TPSA) is 58.6 Å². The van der Waals surface area contributed by atoms with Crippen molar-refractivity contribution in [1.82, 2.24) is 5.32 Å². The highest BCUT2D eigenvalue weighted by Gasteiger charge is 2.19. The predicted octanol–water partition coefficient (Wildman–Crippen LogP) is 1.14. The van der Waals surface area contributed by atoms with Crippen LogP contribution in [-0.4, -0.2) is 24.4 Å². The molecule has 0 bridgehead atoms. The summed E-state index contributed by atoms with van der Waals surface area (Å²) in [5.74, 6) is 0.341. The molecule has 0 radical (unpaired) electrons. The van der Waals surface area contributed by atoms with Crippen LogP contribution in [0.15, 0.2) is 12.1 Å². The van der Waals surface area contributed by atoms with E-state index in [1.54, 1.807) is 11.3 Å². The Bertz CT molecular complexity index is 340. The fraction of sp³-hybridized carbons (Fsp3) is 0.500. The maximum absolute atomic E-state index is 10.7. The number of alkyl carbamates (subject to hydrolysis) is 1. The Balaban J connectivity index is 1.88. The number of carbonyl (C=O) groups excluding carboxylic acids is 1. The summed E-state index contributed by atoms with van der Waals surface area (Å²) in [6, 6.07) is 3.95. The molecule has 1 fully saturated rings. The average molecular weight is 227 g/mol. The molecule has 1 aliphatic heterocycles. The van der Waals surface area contributed by atoms with Crippen LogP contribution in [0.4, 0.5) is 4.79 Å². The number of carbonyl (C=O) groups is 1. The van der Waals surface area contributed by atoms with Crippen LogP contribution in [0.3, 0.4) is 0 Å². The fourth-order valence-electron chi connectivity index (χ4n) is 1.56. The van der Waals surface area contributed by atoms with E-state index in [9.17, 15) is 4.79 Å². The highest BCUT2D eigenvalue weighted by atomic mass is 32.1. The lowest BCUT2D eigenvalue weighted by Gasteiger charge is -2.21. The van der Waals surface area contributed by atoms with Gasteiger partial charge in [-0.05, 0) is 18.6 Å². The third-order valence-corrected chi connectivity index (χ3v) is 3.44. The molecule has 2 rings (SSSR count). The van der Waals surface area contributed by atoms with E-state index in [4.69, 9.17) is 9.84 Å². The van der Waals surface area contributed by atoms with E-state index in [-0.39, 0.29) is 12.7 Å². The number of ether oxygens (including phenoxy) is 1. The standard InChI is InChI=1S/C10H13NO3S/c12-5-9-2-1-8(15-9)3-7-4-11-10(13)14-6-7/h1-2,7,12H,3-6H2,(H,11,13). The molecule has 1 amide bonds. The molecule has 1 unspecified atom stereocenters. The van der Waals surface area contributed by atoms with Crippen molar-refractivity contribution in [3.8, 4) is 0 Å². The first kappa shape index (κ1) is 10.4. The molecule has 1 atom stereocenters. The average Bonchev–Trinajstić information content (AvgIpc) is 2.69. The van der Waals surface area contributed by atoms with Crippen molar-refractivity contribution in [1.29, 1.82) is 0 Å². The van der Waals surface area contributed by atoms with E-state index < -0.39 is 0 Å². The Kier molecular flexibility index (Phi) is 3.23. The first-order chi connectivity index (χ1) is 7.28. The molecule has 0 aliphatic carbocycles. The molecular weight excluding hydrogens is 214 g/mol. The minimum atomic E-state index is -0.325. The minimum Gasteiger partial charge on any atom is -0.449 e. The number of aliphatic hydroxyl groups excluding tert-OH is 1. The van der Waals surface area contributed by atoms with Crippen molar-refractivity contribution in [3.63, 3.8) is 0 Å². The monoisotopic (exact) mass is 227 g/mol. The Labute approximate surface area is 91.9 Å². The van der Waals surface area contributed by atoms with E-state index >= 15 is 0 Å². The fourth-order valence-corrected chi connectivity index (χ4v) is 2.56. The molecule has 1 aliphatic rings. The van der Waals surface area contributed by atoms with Gasteiger partial charge in [0.05, 0.1) is 13.2 Å². The van der Waals surface area contributed by atoms with Crippen LogP contribution in [0.1, 0.15) is 9.75 Å². The van der Waals surface area contributed by atoms with Gasteiger partial charge in [0.2, 0.25) is 0 Å². The predicted molar refractivity (Wildman–Crippen MR) is 56.8 cm³/mol. The summed E-state index contributed by atoms with van der Waals surface area (Å²) in [5, 5.41) is 11.6. The molecule has 5 heteroatoms. The second-order valence-electron chi connectivity index (χ2n) is 3.58. The van der Waals surface area contributed by atoms with E-state index in [0.29, 0.717) is 19.1 Å². The number of hydrogen-bond acceptors (Lipinski definition) is 4. The van der Waals surface area contributed by atoms with Gasteiger partial charge in [-0.1, -0.05) is 0 Å². The van der Waals surface area contributed by atoms with Gasteiger partial charge in [0.15, 0.2) is 0 Å². The van der Waals surface area contributed by atoms with E-state index in [2.05, 4.69) is 5.32 Å². The molecule has 0 spiro atoms. The number of aliphatic hydroxyl groups is 1. The molecular formula is C10H13NO3S. The van der Waals surface area contributed by atoms with Crippen LogP contribution in [0, 0.1) is 5.92 Å². The summed E-state index contributed by atoms with van der Waals surface area (Å²) in [4.78, 5) is 13.0. The molecule has 82 valence electrons. The van der Waals surface area contributed by atoms with Gasteiger partial charge in [-0.2, -0.15) is 0 Å². The summed E-state index contributed by atoms with van der Waals surface area (Å²) in [6.07, 6.45) is 0.568. The van der Waals surface area contributed by atoms with Gasteiger partial charge >= 0.3 is 6.09 Å². The molecule has 15 heavy (non-hydrogen) atoms. The molecule has 2 heterocycles.